The lowest BCUT2D eigenvalue weighted by molar-refractivity contribution is 0.236. The average molecular weight is 138 g/mol. The molecule has 1 rings (SSSR count). The molecule has 1 aromatic rings. The maximum atomic E-state index is 9.20. The van der Waals surface area contributed by atoms with Crippen molar-refractivity contribution in [2.45, 2.75) is 6.10 Å². The molecule has 0 aliphatic carbocycles. The first-order chi connectivity index (χ1) is 6.91. The van der Waals surface area contributed by atoms with Crippen LogP contribution in [0.15, 0.2) is 30.2 Å². The Kier molecular flexibility index (Phi) is 0.818. The lowest BCUT2D eigenvalue weighted by Crippen LogP contribution is -1.90. The van der Waals surface area contributed by atoms with Crippen LogP contribution in [0.25, 0.3) is 0 Å². The average Bonchev–Trinajstić information content (AvgIpc) is 2.23. The highest BCUT2D eigenvalue weighted by atomic mass is 16.3. The second-order valence-electron chi connectivity index (χ2n) is 1.57. The molecule has 0 fully saturated rings. The Labute approximate surface area is 66.4 Å². The molecular formula is C8H7NO. The first-order valence-electron chi connectivity index (χ1n) is 5.06. The van der Waals surface area contributed by atoms with E-state index < -0.39 is 36.3 Å². The van der Waals surface area contributed by atoms with Crippen molar-refractivity contribution in [3.05, 3.63) is 35.8 Å². The van der Waals surface area contributed by atoms with Gasteiger partial charge in [-0.05, 0) is 5.56 Å². The Morgan fingerprint density at radius 2 is 2.10 bits per heavy atom. The molecule has 10 heavy (non-hydrogen) atoms. The van der Waals surface area contributed by atoms with Crippen LogP contribution in [0.5, 0.6) is 0 Å². The third-order valence-corrected chi connectivity index (χ3v) is 0.915. The fourth-order valence-corrected chi connectivity index (χ4v) is 0.461. The molecule has 0 aliphatic heterocycles. The highest BCUT2D eigenvalue weighted by Gasteiger charge is 2.01. The molecule has 0 amide bonds. The molecule has 0 saturated carbocycles. The van der Waals surface area contributed by atoms with E-state index in [0.717, 1.165) is 0 Å². The van der Waals surface area contributed by atoms with E-state index in [4.69, 9.17) is 12.1 Å². The predicted octanol–water partition coefficient (Wildman–Crippen LogP) is 1.24. The quantitative estimate of drug-likeness (QED) is 0.593. The van der Waals surface area contributed by atoms with Crippen LogP contribution >= 0.6 is 0 Å². The van der Waals surface area contributed by atoms with Gasteiger partial charge in [0.15, 0.2) is 6.10 Å². The molecule has 1 atom stereocenters. The SMILES string of the molecule is [2H]c1c([2H])c([2H])c(C(O)C#N)c([2H])c1[2H]. The first kappa shape index (κ1) is 2.73. The number of aliphatic hydroxyl groups is 1. The molecular weight excluding hydrogens is 126 g/mol. The van der Waals surface area contributed by atoms with E-state index in [0.29, 0.717) is 0 Å². The van der Waals surface area contributed by atoms with Gasteiger partial charge in [-0.2, -0.15) is 5.26 Å². The van der Waals surface area contributed by atoms with Gasteiger partial charge in [0.05, 0.1) is 12.9 Å². The molecule has 0 radical (unpaired) electrons. The molecule has 0 aromatic heterocycles. The van der Waals surface area contributed by atoms with Gasteiger partial charge in [-0.3, -0.25) is 0 Å². The van der Waals surface area contributed by atoms with Gasteiger partial charge in [-0.1, -0.05) is 30.2 Å². The van der Waals surface area contributed by atoms with Crippen molar-refractivity contribution in [1.82, 2.24) is 0 Å². The lowest BCUT2D eigenvalue weighted by Gasteiger charge is -1.98. The molecule has 0 heterocycles. The molecule has 0 saturated heterocycles. The Balaban J connectivity index is 3.61. The number of nitriles is 1. The highest BCUT2D eigenvalue weighted by molar-refractivity contribution is 5.21. The van der Waals surface area contributed by atoms with Crippen molar-refractivity contribution in [2.24, 2.45) is 0 Å². The van der Waals surface area contributed by atoms with Crippen LogP contribution < -0.4 is 0 Å². The summed E-state index contributed by atoms with van der Waals surface area (Å²) in [6.45, 7) is 0. The summed E-state index contributed by atoms with van der Waals surface area (Å²) >= 11 is 0. The monoisotopic (exact) mass is 138 g/mol. The second-order valence-corrected chi connectivity index (χ2v) is 1.57. The molecule has 1 N–H and O–H groups in total. The lowest BCUT2D eigenvalue weighted by atomic mass is 10.1. The summed E-state index contributed by atoms with van der Waals surface area (Å²) in [5, 5.41) is 17.7. The van der Waals surface area contributed by atoms with Gasteiger partial charge in [-0.15, -0.1) is 0 Å². The van der Waals surface area contributed by atoms with Gasteiger partial charge in [0.25, 0.3) is 0 Å². The maximum Gasteiger partial charge on any atom is 0.165 e. The number of benzene rings is 1. The van der Waals surface area contributed by atoms with Crippen molar-refractivity contribution in [1.29, 1.82) is 5.26 Å². The largest absolute Gasteiger partial charge is 0.374 e. The van der Waals surface area contributed by atoms with Crippen LogP contribution in [0, 0.1) is 11.3 Å². The predicted molar refractivity (Wildman–Crippen MR) is 37.0 cm³/mol. The molecule has 0 spiro atoms. The zero-order chi connectivity index (χ0) is 11.7. The van der Waals surface area contributed by atoms with Crippen LogP contribution in [0.3, 0.4) is 0 Å². The van der Waals surface area contributed by atoms with E-state index in [1.54, 1.807) is 0 Å². The molecule has 1 aromatic carbocycles. The summed E-state index contributed by atoms with van der Waals surface area (Å²) in [7, 11) is 0. The van der Waals surface area contributed by atoms with Crippen molar-refractivity contribution < 1.29 is 12.0 Å². The van der Waals surface area contributed by atoms with Crippen molar-refractivity contribution in [2.75, 3.05) is 0 Å². The zero-order valence-electron chi connectivity index (χ0n) is 9.97. The van der Waals surface area contributed by atoms with E-state index in [-0.39, 0.29) is 5.56 Å². The number of hydrogen-bond acceptors (Lipinski definition) is 2. The Hall–Kier alpha value is -1.33. The Morgan fingerprint density at radius 3 is 2.60 bits per heavy atom. The van der Waals surface area contributed by atoms with Gasteiger partial charge in [0.1, 0.15) is 0 Å². The number of nitrogens with zero attached hydrogens (tertiary/aromatic N) is 1. The normalized spacial score (nSPS) is 19.0. The summed E-state index contributed by atoms with van der Waals surface area (Å²) < 4.78 is 36.6. The Morgan fingerprint density at radius 1 is 1.50 bits per heavy atom. The molecule has 2 heteroatoms. The number of rotatable bonds is 1. The van der Waals surface area contributed by atoms with Gasteiger partial charge >= 0.3 is 0 Å². The summed E-state index contributed by atoms with van der Waals surface area (Å²) in [6, 6.07) is -1.32. The minimum atomic E-state index is -1.71. The van der Waals surface area contributed by atoms with Crippen molar-refractivity contribution in [3.8, 4) is 6.07 Å². The topological polar surface area (TPSA) is 44.0 Å². The minimum Gasteiger partial charge on any atom is -0.374 e. The number of hydrogen-bond donors (Lipinski definition) is 1. The van der Waals surface area contributed by atoms with E-state index in [9.17, 15) is 5.11 Å². The van der Waals surface area contributed by atoms with E-state index in [1.807, 2.05) is 0 Å². The van der Waals surface area contributed by atoms with E-state index in [1.165, 1.54) is 6.07 Å². The smallest absolute Gasteiger partial charge is 0.165 e. The van der Waals surface area contributed by atoms with Crippen LogP contribution in [-0.4, -0.2) is 5.11 Å². The van der Waals surface area contributed by atoms with Crippen molar-refractivity contribution >= 4 is 0 Å². The third-order valence-electron chi connectivity index (χ3n) is 0.915. The third kappa shape index (κ3) is 1.34. The molecule has 1 unspecified atom stereocenters. The van der Waals surface area contributed by atoms with Crippen LogP contribution in [0.4, 0.5) is 0 Å². The highest BCUT2D eigenvalue weighted by Crippen LogP contribution is 2.09. The van der Waals surface area contributed by atoms with Gasteiger partial charge < -0.3 is 5.11 Å². The summed E-state index contributed by atoms with van der Waals surface area (Å²) in [6.07, 6.45) is -1.71. The summed E-state index contributed by atoms with van der Waals surface area (Å²) in [4.78, 5) is 0. The fraction of sp³-hybridized carbons (Fsp3) is 0.125. The molecule has 0 bridgehead atoms. The summed E-state index contributed by atoms with van der Waals surface area (Å²) in [5.74, 6) is 0. The first-order valence-corrected chi connectivity index (χ1v) is 2.56. The number of aliphatic hydroxyl groups excluding tert-OH is 1. The van der Waals surface area contributed by atoms with Gasteiger partial charge in [-0.25, -0.2) is 0 Å². The van der Waals surface area contributed by atoms with Crippen LogP contribution in [-0.2, 0) is 0 Å². The van der Waals surface area contributed by atoms with Crippen LogP contribution in [0.2, 0.25) is 0 Å². The van der Waals surface area contributed by atoms with E-state index >= 15 is 0 Å². The van der Waals surface area contributed by atoms with Gasteiger partial charge in [0.2, 0.25) is 0 Å². The fourth-order valence-electron chi connectivity index (χ4n) is 0.461. The second kappa shape index (κ2) is 3.00. The van der Waals surface area contributed by atoms with Crippen molar-refractivity contribution in [3.63, 3.8) is 0 Å². The molecule has 0 aliphatic rings. The standard InChI is InChI=1S/C8H7NO/c9-6-8(10)7-4-2-1-3-5-7/h1-5,8,10H/i1D,2D,3D,4D,5D. The Bertz CT molecular complexity index is 424. The molecule has 2 nitrogen and oxygen atoms in total. The summed E-state index contributed by atoms with van der Waals surface area (Å²) in [5.41, 5.74) is -0.386. The minimum absolute atomic E-state index is 0.386. The van der Waals surface area contributed by atoms with Gasteiger partial charge in [0, 0.05) is 0 Å². The van der Waals surface area contributed by atoms with E-state index in [2.05, 4.69) is 0 Å². The zero-order valence-corrected chi connectivity index (χ0v) is 4.97. The maximum absolute atomic E-state index is 9.20. The molecule has 50 valence electrons. The van der Waals surface area contributed by atoms with Crippen LogP contribution in [0.1, 0.15) is 18.5 Å².